The van der Waals surface area contributed by atoms with Gasteiger partial charge in [0, 0.05) is 36.6 Å². The van der Waals surface area contributed by atoms with Crippen LogP contribution in [0, 0.1) is 23.7 Å². The molecule has 1 unspecified atom stereocenters. The summed E-state index contributed by atoms with van der Waals surface area (Å²) in [5.41, 5.74) is 3.13. The molecule has 2 heterocycles. The van der Waals surface area contributed by atoms with Gasteiger partial charge in [0.05, 0.1) is 11.5 Å². The summed E-state index contributed by atoms with van der Waals surface area (Å²) >= 11 is 0. The van der Waals surface area contributed by atoms with Crippen molar-refractivity contribution >= 4 is 0 Å². The van der Waals surface area contributed by atoms with E-state index in [1.165, 1.54) is 5.56 Å². The maximum atomic E-state index is 9.32. The molecule has 0 spiro atoms. The second-order valence-electron chi connectivity index (χ2n) is 6.77. The first-order valence-corrected chi connectivity index (χ1v) is 8.10. The van der Waals surface area contributed by atoms with Crippen LogP contribution >= 0.6 is 0 Å². The number of hydrogen-bond donors (Lipinski definition) is 0. The number of aromatic nitrogens is 2. The lowest BCUT2D eigenvalue weighted by molar-refractivity contribution is 0.136. The van der Waals surface area contributed by atoms with Crippen LogP contribution in [0.2, 0.25) is 0 Å². The lowest BCUT2D eigenvalue weighted by atomic mass is 9.83. The zero-order chi connectivity index (χ0) is 16.3. The summed E-state index contributed by atoms with van der Waals surface area (Å²) in [7, 11) is 0. The highest BCUT2D eigenvalue weighted by Gasteiger charge is 2.30. The van der Waals surface area contributed by atoms with Crippen molar-refractivity contribution in [3.05, 3.63) is 47.8 Å². The molecule has 0 aliphatic carbocycles. The quantitative estimate of drug-likeness (QED) is 0.869. The Morgan fingerprint density at radius 2 is 2.09 bits per heavy atom. The lowest BCUT2D eigenvalue weighted by Crippen LogP contribution is -2.40. The monoisotopic (exact) mass is 306 g/mol. The zero-order valence-electron chi connectivity index (χ0n) is 13.8. The molecule has 1 aliphatic heterocycles. The van der Waals surface area contributed by atoms with Crippen LogP contribution in [0.15, 0.2) is 36.7 Å². The SMILES string of the molecule is Cc1cccc(-c2ncc(CN3CCCC(C)(C#N)C3)cn2)c1. The van der Waals surface area contributed by atoms with Crippen molar-refractivity contribution in [1.29, 1.82) is 5.26 Å². The Kier molecular flexibility index (Phi) is 4.40. The molecule has 4 heteroatoms. The first kappa shape index (κ1) is 15.6. The van der Waals surface area contributed by atoms with Crippen LogP contribution in [0.25, 0.3) is 11.4 Å². The van der Waals surface area contributed by atoms with Crippen LogP contribution in [-0.4, -0.2) is 28.0 Å². The third kappa shape index (κ3) is 3.75. The highest BCUT2D eigenvalue weighted by atomic mass is 15.1. The minimum atomic E-state index is -0.222. The van der Waals surface area contributed by atoms with Gasteiger partial charge >= 0.3 is 0 Å². The summed E-state index contributed by atoms with van der Waals surface area (Å²) in [6.45, 7) is 6.79. The standard InChI is InChI=1S/C19H22N4/c1-15-5-3-6-17(9-15)18-21-10-16(11-22-18)12-23-8-4-7-19(2,13-20)14-23/h3,5-6,9-11H,4,7-8,12,14H2,1-2H3. The van der Waals surface area contributed by atoms with E-state index < -0.39 is 0 Å². The van der Waals surface area contributed by atoms with Crippen molar-refractivity contribution in [2.75, 3.05) is 13.1 Å². The number of likely N-dealkylation sites (tertiary alicyclic amines) is 1. The normalized spacial score (nSPS) is 21.8. The maximum Gasteiger partial charge on any atom is 0.159 e. The van der Waals surface area contributed by atoms with Crippen molar-refractivity contribution in [1.82, 2.24) is 14.9 Å². The Labute approximate surface area is 137 Å². The molecule has 1 aromatic carbocycles. The van der Waals surface area contributed by atoms with Gasteiger partial charge in [-0.05, 0) is 39.3 Å². The molecule has 3 rings (SSSR count). The van der Waals surface area contributed by atoms with Crippen molar-refractivity contribution in [3.8, 4) is 17.5 Å². The van der Waals surface area contributed by atoms with Crippen molar-refractivity contribution in [2.24, 2.45) is 5.41 Å². The fraction of sp³-hybridized carbons (Fsp3) is 0.421. The molecule has 2 aromatic rings. The van der Waals surface area contributed by atoms with E-state index >= 15 is 0 Å². The topological polar surface area (TPSA) is 52.8 Å². The molecule has 1 saturated heterocycles. The van der Waals surface area contributed by atoms with E-state index in [-0.39, 0.29) is 5.41 Å². The Balaban J connectivity index is 1.70. The van der Waals surface area contributed by atoms with E-state index in [0.29, 0.717) is 0 Å². The molecule has 0 N–H and O–H groups in total. The third-order valence-electron chi connectivity index (χ3n) is 4.43. The molecule has 118 valence electrons. The van der Waals surface area contributed by atoms with E-state index in [9.17, 15) is 5.26 Å². The Morgan fingerprint density at radius 3 is 2.78 bits per heavy atom. The van der Waals surface area contributed by atoms with Crippen LogP contribution in [0.1, 0.15) is 30.9 Å². The number of nitrogens with zero attached hydrogens (tertiary/aromatic N) is 4. The van der Waals surface area contributed by atoms with Crippen LogP contribution in [0.4, 0.5) is 0 Å². The van der Waals surface area contributed by atoms with E-state index in [1.807, 2.05) is 24.5 Å². The van der Waals surface area contributed by atoms with Gasteiger partial charge in [0.25, 0.3) is 0 Å². The van der Waals surface area contributed by atoms with Gasteiger partial charge in [-0.2, -0.15) is 5.26 Å². The Bertz CT molecular complexity index is 717. The van der Waals surface area contributed by atoms with Crippen LogP contribution in [0.5, 0.6) is 0 Å². The van der Waals surface area contributed by atoms with E-state index in [0.717, 1.165) is 49.4 Å². The first-order chi connectivity index (χ1) is 11.1. The van der Waals surface area contributed by atoms with Gasteiger partial charge in [-0.15, -0.1) is 0 Å². The van der Waals surface area contributed by atoms with E-state index in [2.05, 4.69) is 46.9 Å². The number of rotatable bonds is 3. The number of piperidine rings is 1. The molecule has 4 nitrogen and oxygen atoms in total. The second kappa shape index (κ2) is 6.47. The molecule has 23 heavy (non-hydrogen) atoms. The molecule has 1 aromatic heterocycles. The van der Waals surface area contributed by atoms with Crippen molar-refractivity contribution in [3.63, 3.8) is 0 Å². The second-order valence-corrected chi connectivity index (χ2v) is 6.77. The van der Waals surface area contributed by atoms with Crippen LogP contribution < -0.4 is 0 Å². The summed E-state index contributed by atoms with van der Waals surface area (Å²) in [5.74, 6) is 0.762. The van der Waals surface area contributed by atoms with Crippen LogP contribution in [0.3, 0.4) is 0 Å². The smallest absolute Gasteiger partial charge is 0.159 e. The molecule has 1 atom stereocenters. The summed E-state index contributed by atoms with van der Waals surface area (Å²) in [5, 5.41) is 9.32. The minimum Gasteiger partial charge on any atom is -0.297 e. The summed E-state index contributed by atoms with van der Waals surface area (Å²) in [4.78, 5) is 11.3. The van der Waals surface area contributed by atoms with Gasteiger partial charge in [-0.25, -0.2) is 9.97 Å². The van der Waals surface area contributed by atoms with E-state index in [1.54, 1.807) is 0 Å². The maximum absolute atomic E-state index is 9.32. The lowest BCUT2D eigenvalue weighted by Gasteiger charge is -2.35. The van der Waals surface area contributed by atoms with Crippen molar-refractivity contribution in [2.45, 2.75) is 33.2 Å². The largest absolute Gasteiger partial charge is 0.297 e. The number of benzene rings is 1. The number of nitriles is 1. The predicted molar refractivity (Wildman–Crippen MR) is 90.4 cm³/mol. The molecule has 0 saturated carbocycles. The number of hydrogen-bond acceptors (Lipinski definition) is 4. The van der Waals surface area contributed by atoms with Gasteiger partial charge in [0.2, 0.25) is 0 Å². The average molecular weight is 306 g/mol. The molecule has 1 fully saturated rings. The fourth-order valence-corrected chi connectivity index (χ4v) is 3.20. The van der Waals surface area contributed by atoms with Gasteiger partial charge < -0.3 is 0 Å². The molecule has 0 radical (unpaired) electrons. The highest BCUT2D eigenvalue weighted by Crippen LogP contribution is 2.29. The first-order valence-electron chi connectivity index (χ1n) is 8.10. The molecule has 0 bridgehead atoms. The molecule has 0 amide bonds. The molecular formula is C19H22N4. The summed E-state index contributed by atoms with van der Waals surface area (Å²) in [6.07, 6.45) is 5.88. The average Bonchev–Trinajstić information content (AvgIpc) is 2.56. The fourth-order valence-electron chi connectivity index (χ4n) is 3.20. The third-order valence-corrected chi connectivity index (χ3v) is 4.43. The zero-order valence-corrected chi connectivity index (χ0v) is 13.8. The van der Waals surface area contributed by atoms with E-state index in [4.69, 9.17) is 0 Å². The predicted octanol–water partition coefficient (Wildman–Crippen LogP) is 3.58. The summed E-state index contributed by atoms with van der Waals surface area (Å²) < 4.78 is 0. The molecular weight excluding hydrogens is 284 g/mol. The van der Waals surface area contributed by atoms with Gasteiger partial charge in [-0.1, -0.05) is 23.8 Å². The van der Waals surface area contributed by atoms with Gasteiger partial charge in [0.15, 0.2) is 5.82 Å². The Hall–Kier alpha value is -2.25. The highest BCUT2D eigenvalue weighted by molar-refractivity contribution is 5.55. The van der Waals surface area contributed by atoms with Gasteiger partial charge in [-0.3, -0.25) is 4.90 Å². The Morgan fingerprint density at radius 1 is 1.30 bits per heavy atom. The molecule has 1 aliphatic rings. The van der Waals surface area contributed by atoms with Crippen molar-refractivity contribution < 1.29 is 0 Å². The van der Waals surface area contributed by atoms with Crippen LogP contribution in [-0.2, 0) is 6.54 Å². The number of aryl methyl sites for hydroxylation is 1. The van der Waals surface area contributed by atoms with Gasteiger partial charge in [0.1, 0.15) is 0 Å². The minimum absolute atomic E-state index is 0.222. The summed E-state index contributed by atoms with van der Waals surface area (Å²) in [6, 6.07) is 10.7.